The van der Waals surface area contributed by atoms with Crippen LogP contribution < -0.4 is 10.9 Å². The van der Waals surface area contributed by atoms with Gasteiger partial charge in [0.1, 0.15) is 5.82 Å². The number of aromatic nitrogens is 2. The van der Waals surface area contributed by atoms with Gasteiger partial charge >= 0.3 is 0 Å². The standard InChI is InChI=1S/C20H22BrIN4O/c1-2-7-26-8-3-4-13(11-26)24-19-14-6-5-12(21)9-15(14)17-18(25-19)16(22)10-23-20(17)27/h5-6,9-10,13H,2-4,7-8,11H2,1H3,(H,23,27)(H,24,25)/t13-/m0/s1. The highest BCUT2D eigenvalue weighted by Crippen LogP contribution is 2.32. The normalized spacial score (nSPS) is 18.3. The molecule has 0 aliphatic carbocycles. The van der Waals surface area contributed by atoms with Crippen LogP contribution in [0.5, 0.6) is 0 Å². The summed E-state index contributed by atoms with van der Waals surface area (Å²) in [4.78, 5) is 22.8. The molecule has 1 aliphatic heterocycles. The molecule has 0 spiro atoms. The van der Waals surface area contributed by atoms with Crippen LogP contribution >= 0.6 is 38.5 Å². The Morgan fingerprint density at radius 2 is 2.26 bits per heavy atom. The van der Waals surface area contributed by atoms with E-state index in [1.54, 1.807) is 6.20 Å². The highest BCUT2D eigenvalue weighted by molar-refractivity contribution is 14.1. The van der Waals surface area contributed by atoms with Gasteiger partial charge in [0.15, 0.2) is 0 Å². The second kappa shape index (κ2) is 8.05. The van der Waals surface area contributed by atoms with Crippen LogP contribution in [0.4, 0.5) is 5.82 Å². The zero-order valence-electron chi connectivity index (χ0n) is 15.2. The molecule has 0 unspecified atom stereocenters. The predicted octanol–water partition coefficient (Wildman–Crippen LogP) is 4.73. The minimum atomic E-state index is -0.0978. The maximum absolute atomic E-state index is 12.5. The third-order valence-electron chi connectivity index (χ3n) is 5.14. The Hall–Kier alpha value is -1.19. The van der Waals surface area contributed by atoms with E-state index in [0.29, 0.717) is 11.4 Å². The van der Waals surface area contributed by atoms with Crippen molar-refractivity contribution in [3.8, 4) is 0 Å². The van der Waals surface area contributed by atoms with Crippen molar-refractivity contribution in [2.45, 2.75) is 32.2 Å². The number of aromatic amines is 1. The number of pyridine rings is 2. The summed E-state index contributed by atoms with van der Waals surface area (Å²) in [7, 11) is 0. The van der Waals surface area contributed by atoms with Gasteiger partial charge < -0.3 is 15.2 Å². The number of nitrogens with zero attached hydrogens (tertiary/aromatic N) is 2. The highest BCUT2D eigenvalue weighted by atomic mass is 127. The third kappa shape index (κ3) is 3.86. The molecule has 27 heavy (non-hydrogen) atoms. The van der Waals surface area contributed by atoms with Crippen LogP contribution in [0.2, 0.25) is 0 Å². The van der Waals surface area contributed by atoms with Gasteiger partial charge in [0, 0.05) is 34.0 Å². The Labute approximate surface area is 180 Å². The molecular formula is C20H22BrIN4O. The molecule has 3 aromatic rings. The lowest BCUT2D eigenvalue weighted by Gasteiger charge is -2.33. The Morgan fingerprint density at radius 3 is 3.07 bits per heavy atom. The molecule has 3 heterocycles. The lowest BCUT2D eigenvalue weighted by atomic mass is 10.0. The summed E-state index contributed by atoms with van der Waals surface area (Å²) in [5.74, 6) is 0.872. The highest BCUT2D eigenvalue weighted by Gasteiger charge is 2.21. The smallest absolute Gasteiger partial charge is 0.258 e. The maximum Gasteiger partial charge on any atom is 0.258 e. The lowest BCUT2D eigenvalue weighted by Crippen LogP contribution is -2.42. The fourth-order valence-corrected chi connectivity index (χ4v) is 4.86. The summed E-state index contributed by atoms with van der Waals surface area (Å²) in [6.45, 7) is 5.59. The van der Waals surface area contributed by atoms with Crippen molar-refractivity contribution in [3.05, 3.63) is 42.8 Å². The van der Waals surface area contributed by atoms with E-state index in [1.807, 2.05) is 18.2 Å². The molecule has 1 saturated heterocycles. The van der Waals surface area contributed by atoms with Crippen LogP contribution in [0.3, 0.4) is 0 Å². The number of piperidine rings is 1. The third-order valence-corrected chi connectivity index (χ3v) is 6.45. The molecule has 4 rings (SSSR count). The summed E-state index contributed by atoms with van der Waals surface area (Å²) in [6, 6.07) is 6.44. The molecule has 0 bridgehead atoms. The van der Waals surface area contributed by atoms with Crippen molar-refractivity contribution in [2.24, 2.45) is 0 Å². The molecule has 1 aliphatic rings. The quantitative estimate of drug-likeness (QED) is 0.371. The molecule has 1 atom stereocenters. The Bertz CT molecular complexity index is 1050. The average Bonchev–Trinajstić information content (AvgIpc) is 2.65. The second-order valence-corrected chi connectivity index (χ2v) is 9.20. The largest absolute Gasteiger partial charge is 0.366 e. The summed E-state index contributed by atoms with van der Waals surface area (Å²) < 4.78 is 1.90. The van der Waals surface area contributed by atoms with Gasteiger partial charge in [-0.25, -0.2) is 4.98 Å². The number of hydrogen-bond acceptors (Lipinski definition) is 4. The van der Waals surface area contributed by atoms with E-state index in [0.717, 1.165) is 49.7 Å². The van der Waals surface area contributed by atoms with E-state index in [9.17, 15) is 4.79 Å². The van der Waals surface area contributed by atoms with Crippen LogP contribution in [0, 0.1) is 3.57 Å². The Balaban J connectivity index is 1.82. The summed E-state index contributed by atoms with van der Waals surface area (Å²) in [6.07, 6.45) is 5.25. The van der Waals surface area contributed by atoms with Gasteiger partial charge in [-0.3, -0.25) is 4.79 Å². The van der Waals surface area contributed by atoms with E-state index < -0.39 is 0 Å². The summed E-state index contributed by atoms with van der Waals surface area (Å²) >= 11 is 5.79. The predicted molar refractivity (Wildman–Crippen MR) is 124 cm³/mol. The second-order valence-electron chi connectivity index (χ2n) is 7.12. The maximum atomic E-state index is 12.5. The first kappa shape index (κ1) is 19.1. The monoisotopic (exact) mass is 540 g/mol. The molecule has 0 amide bonds. The minimum Gasteiger partial charge on any atom is -0.366 e. The molecule has 142 valence electrons. The molecule has 2 N–H and O–H groups in total. The fourth-order valence-electron chi connectivity index (χ4n) is 3.95. The van der Waals surface area contributed by atoms with Gasteiger partial charge in [-0.1, -0.05) is 22.9 Å². The van der Waals surface area contributed by atoms with Crippen LogP contribution in [0.25, 0.3) is 21.7 Å². The molecule has 0 radical (unpaired) electrons. The zero-order valence-corrected chi connectivity index (χ0v) is 18.9. The number of halogens is 2. The van der Waals surface area contributed by atoms with Gasteiger partial charge in [-0.15, -0.1) is 0 Å². The lowest BCUT2D eigenvalue weighted by molar-refractivity contribution is 0.217. The van der Waals surface area contributed by atoms with Crippen LogP contribution in [0.1, 0.15) is 26.2 Å². The summed E-state index contributed by atoms with van der Waals surface area (Å²) in [5, 5.41) is 6.26. The number of nitrogens with one attached hydrogen (secondary N) is 2. The van der Waals surface area contributed by atoms with Gasteiger partial charge in [-0.2, -0.15) is 0 Å². The number of H-pyrrole nitrogens is 1. The molecule has 0 saturated carbocycles. The molecule has 1 aromatic carbocycles. The summed E-state index contributed by atoms with van der Waals surface area (Å²) in [5.41, 5.74) is 0.660. The van der Waals surface area contributed by atoms with Gasteiger partial charge in [-0.05, 0) is 73.1 Å². The van der Waals surface area contributed by atoms with Crippen molar-refractivity contribution in [3.63, 3.8) is 0 Å². The number of anilines is 1. The number of likely N-dealkylation sites (tertiary alicyclic amines) is 1. The fraction of sp³-hybridized carbons (Fsp3) is 0.400. The van der Waals surface area contributed by atoms with Crippen molar-refractivity contribution in [2.75, 3.05) is 25.0 Å². The van der Waals surface area contributed by atoms with Crippen LogP contribution in [-0.4, -0.2) is 40.5 Å². The van der Waals surface area contributed by atoms with Crippen LogP contribution in [-0.2, 0) is 0 Å². The minimum absolute atomic E-state index is 0.0978. The molecule has 1 fully saturated rings. The van der Waals surface area contributed by atoms with Gasteiger partial charge in [0.05, 0.1) is 14.5 Å². The first-order valence-corrected chi connectivity index (χ1v) is 11.2. The zero-order chi connectivity index (χ0) is 19.0. The topological polar surface area (TPSA) is 61.0 Å². The first-order valence-electron chi connectivity index (χ1n) is 9.36. The number of rotatable bonds is 4. The first-order chi connectivity index (χ1) is 13.1. The van der Waals surface area contributed by atoms with E-state index in [4.69, 9.17) is 4.98 Å². The van der Waals surface area contributed by atoms with Crippen LogP contribution in [0.15, 0.2) is 33.7 Å². The van der Waals surface area contributed by atoms with Crippen molar-refractivity contribution in [1.29, 1.82) is 0 Å². The number of hydrogen-bond donors (Lipinski definition) is 2. The molecule has 5 nitrogen and oxygen atoms in total. The van der Waals surface area contributed by atoms with Crippen molar-refractivity contribution in [1.82, 2.24) is 14.9 Å². The molecule has 2 aromatic heterocycles. The SMILES string of the molecule is CCCN1CCC[C@H](Nc2nc3c(I)c[nH]c(=O)c3c3cc(Br)ccc23)C1. The van der Waals surface area contributed by atoms with E-state index >= 15 is 0 Å². The van der Waals surface area contributed by atoms with Gasteiger partial charge in [0.25, 0.3) is 5.56 Å². The Kier molecular flexibility index (Phi) is 5.70. The molecular weight excluding hydrogens is 519 g/mol. The number of fused-ring (bicyclic) bond motifs is 3. The Morgan fingerprint density at radius 1 is 1.41 bits per heavy atom. The average molecular weight is 541 g/mol. The van der Waals surface area contributed by atoms with E-state index in [1.165, 1.54) is 19.4 Å². The van der Waals surface area contributed by atoms with E-state index in [2.05, 4.69) is 60.6 Å². The van der Waals surface area contributed by atoms with Crippen molar-refractivity contribution < 1.29 is 0 Å². The molecule has 7 heteroatoms. The van der Waals surface area contributed by atoms with E-state index in [-0.39, 0.29) is 5.56 Å². The van der Waals surface area contributed by atoms with Crippen molar-refractivity contribution >= 4 is 66.0 Å². The van der Waals surface area contributed by atoms with Gasteiger partial charge in [0.2, 0.25) is 0 Å². The number of benzene rings is 1.